The normalized spacial score (nSPS) is 12.7. The van der Waals surface area contributed by atoms with Gasteiger partial charge in [0, 0.05) is 28.7 Å². The first-order chi connectivity index (χ1) is 14.1. The molecule has 0 saturated heterocycles. The van der Waals surface area contributed by atoms with Crippen LogP contribution in [0.4, 0.5) is 0 Å². The van der Waals surface area contributed by atoms with Crippen molar-refractivity contribution in [3.63, 3.8) is 0 Å². The molecule has 4 N–H and O–H groups in total. The Balaban J connectivity index is 1.57. The lowest BCUT2D eigenvalue weighted by molar-refractivity contribution is 0.191. The van der Waals surface area contributed by atoms with Gasteiger partial charge in [0.25, 0.3) is 0 Å². The lowest BCUT2D eigenvalue weighted by atomic mass is 10.1. The van der Waals surface area contributed by atoms with Crippen molar-refractivity contribution in [2.75, 3.05) is 26.7 Å². The van der Waals surface area contributed by atoms with Gasteiger partial charge in [0.05, 0.1) is 13.7 Å². The van der Waals surface area contributed by atoms with Crippen LogP contribution < -0.4 is 15.4 Å². The highest BCUT2D eigenvalue weighted by atomic mass is 32.1. The monoisotopic (exact) mass is 413 g/mol. The number of phenolic OH excluding ortho intramolecular Hbond substituents is 1. The lowest BCUT2D eigenvalue weighted by Crippen LogP contribution is -2.38. The van der Waals surface area contributed by atoms with Crippen molar-refractivity contribution in [2.45, 2.75) is 19.4 Å². The first-order valence-corrected chi connectivity index (χ1v) is 10.5. The van der Waals surface area contributed by atoms with Gasteiger partial charge in [-0.25, -0.2) is 0 Å². The second-order valence-corrected chi connectivity index (χ2v) is 7.71. The molecular weight excluding hydrogens is 386 g/mol. The van der Waals surface area contributed by atoms with Crippen molar-refractivity contribution in [1.82, 2.24) is 10.6 Å². The van der Waals surface area contributed by atoms with Gasteiger partial charge in [-0.15, -0.1) is 11.3 Å². The van der Waals surface area contributed by atoms with E-state index in [0.717, 1.165) is 27.1 Å². The minimum absolute atomic E-state index is 0.216. The van der Waals surface area contributed by atoms with Crippen LogP contribution >= 0.6 is 11.3 Å². The summed E-state index contributed by atoms with van der Waals surface area (Å²) in [7, 11) is 1.57. The Morgan fingerprint density at radius 1 is 1.17 bits per heavy atom. The predicted molar refractivity (Wildman–Crippen MR) is 119 cm³/mol. The fraction of sp³-hybridized carbons (Fsp3) is 0.318. The molecular formula is C22H27N3O3S. The molecule has 0 aliphatic rings. The number of nitrogens with zero attached hydrogens (tertiary/aromatic N) is 1. The molecule has 1 heterocycles. The molecule has 2 aromatic carbocycles. The van der Waals surface area contributed by atoms with Crippen LogP contribution in [0, 0.1) is 0 Å². The van der Waals surface area contributed by atoms with E-state index in [1.54, 1.807) is 24.5 Å². The Morgan fingerprint density at radius 2 is 2.00 bits per heavy atom. The molecule has 0 fully saturated rings. The zero-order valence-electron chi connectivity index (χ0n) is 16.7. The molecule has 0 spiro atoms. The maximum Gasteiger partial charge on any atom is 0.191 e. The third kappa shape index (κ3) is 5.62. The molecule has 6 nitrogen and oxygen atoms in total. The maximum atomic E-state index is 10.5. The van der Waals surface area contributed by atoms with Gasteiger partial charge in [0.15, 0.2) is 5.96 Å². The average Bonchev–Trinajstić information content (AvgIpc) is 3.17. The molecule has 0 bridgehead atoms. The third-order valence-corrected chi connectivity index (χ3v) is 5.74. The van der Waals surface area contributed by atoms with Gasteiger partial charge < -0.3 is 25.6 Å². The molecule has 1 unspecified atom stereocenters. The standard InChI is InChI=1S/C22H27N3O3S/c1-3-23-22(24-11-10-15-8-9-17(28-2)13-18(15)26)25-14-19(27)21-12-16-6-4-5-7-20(16)29-21/h4-9,12-13,19,26-27H,3,10-11,14H2,1-2H3,(H2,23,24,25). The topological polar surface area (TPSA) is 86.1 Å². The molecule has 7 heteroatoms. The molecule has 29 heavy (non-hydrogen) atoms. The van der Waals surface area contributed by atoms with E-state index in [9.17, 15) is 10.2 Å². The highest BCUT2D eigenvalue weighted by molar-refractivity contribution is 7.19. The van der Waals surface area contributed by atoms with Gasteiger partial charge in [0.1, 0.15) is 17.6 Å². The molecule has 0 radical (unpaired) electrons. The van der Waals surface area contributed by atoms with E-state index in [2.05, 4.69) is 21.7 Å². The number of guanidine groups is 1. The number of fused-ring (bicyclic) bond motifs is 1. The number of rotatable bonds is 8. The number of benzene rings is 2. The number of ether oxygens (including phenoxy) is 1. The second kappa shape index (κ2) is 10.1. The Labute approximate surface area is 174 Å². The SMILES string of the molecule is CCNC(=NCC(O)c1cc2ccccc2s1)NCCc1ccc(OC)cc1O. The van der Waals surface area contributed by atoms with E-state index in [1.165, 1.54) is 0 Å². The van der Waals surface area contributed by atoms with Crippen LogP contribution in [-0.4, -0.2) is 42.9 Å². The van der Waals surface area contributed by atoms with Gasteiger partial charge in [-0.3, -0.25) is 4.99 Å². The number of aliphatic imine (C=N–C) groups is 1. The van der Waals surface area contributed by atoms with Gasteiger partial charge in [-0.1, -0.05) is 24.3 Å². The van der Waals surface area contributed by atoms with Crippen molar-refractivity contribution in [1.29, 1.82) is 0 Å². The summed E-state index contributed by atoms with van der Waals surface area (Å²) in [5, 5.41) is 28.2. The van der Waals surface area contributed by atoms with E-state index in [4.69, 9.17) is 4.74 Å². The maximum absolute atomic E-state index is 10.5. The summed E-state index contributed by atoms with van der Waals surface area (Å²) in [4.78, 5) is 5.42. The number of nitrogens with one attached hydrogen (secondary N) is 2. The Morgan fingerprint density at radius 3 is 2.72 bits per heavy atom. The number of thiophene rings is 1. The van der Waals surface area contributed by atoms with Gasteiger partial charge in [-0.05, 0) is 42.5 Å². The summed E-state index contributed by atoms with van der Waals surface area (Å²) in [6.07, 6.45) is -0.00691. The van der Waals surface area contributed by atoms with E-state index in [0.29, 0.717) is 24.7 Å². The van der Waals surface area contributed by atoms with E-state index < -0.39 is 6.10 Å². The van der Waals surface area contributed by atoms with Crippen molar-refractivity contribution < 1.29 is 14.9 Å². The van der Waals surface area contributed by atoms with Crippen LogP contribution in [0.15, 0.2) is 53.5 Å². The summed E-state index contributed by atoms with van der Waals surface area (Å²) in [6.45, 7) is 3.59. The zero-order valence-corrected chi connectivity index (χ0v) is 17.5. The van der Waals surface area contributed by atoms with Crippen LogP contribution in [0.25, 0.3) is 10.1 Å². The van der Waals surface area contributed by atoms with Crippen LogP contribution in [0.1, 0.15) is 23.5 Å². The largest absolute Gasteiger partial charge is 0.508 e. The third-order valence-electron chi connectivity index (χ3n) is 4.52. The van der Waals surface area contributed by atoms with Gasteiger partial charge in [-0.2, -0.15) is 0 Å². The first-order valence-electron chi connectivity index (χ1n) is 9.65. The fourth-order valence-corrected chi connectivity index (χ4v) is 4.02. The molecule has 0 aliphatic carbocycles. The minimum atomic E-state index is -0.645. The summed E-state index contributed by atoms with van der Waals surface area (Å²) in [5.74, 6) is 1.48. The van der Waals surface area contributed by atoms with Crippen molar-refractivity contribution in [3.8, 4) is 11.5 Å². The Bertz CT molecular complexity index is 938. The van der Waals surface area contributed by atoms with Crippen LogP contribution in [0.3, 0.4) is 0 Å². The summed E-state index contributed by atoms with van der Waals surface area (Å²) < 4.78 is 6.27. The Kier molecular flexibility index (Phi) is 7.32. The lowest BCUT2D eigenvalue weighted by Gasteiger charge is -2.13. The molecule has 1 aromatic heterocycles. The van der Waals surface area contributed by atoms with Crippen molar-refractivity contribution in [2.24, 2.45) is 4.99 Å². The molecule has 3 aromatic rings. The summed E-state index contributed by atoms with van der Waals surface area (Å²) in [5.41, 5.74) is 0.833. The molecule has 0 amide bonds. The van der Waals surface area contributed by atoms with Gasteiger partial charge in [0.2, 0.25) is 0 Å². The number of phenols is 1. The zero-order chi connectivity index (χ0) is 20.6. The van der Waals surface area contributed by atoms with Gasteiger partial charge >= 0.3 is 0 Å². The van der Waals surface area contributed by atoms with Crippen molar-refractivity contribution >= 4 is 27.4 Å². The van der Waals surface area contributed by atoms with E-state index in [-0.39, 0.29) is 12.3 Å². The smallest absolute Gasteiger partial charge is 0.191 e. The number of aromatic hydroxyl groups is 1. The number of methoxy groups -OCH3 is 1. The highest BCUT2D eigenvalue weighted by Gasteiger charge is 2.11. The van der Waals surface area contributed by atoms with Crippen LogP contribution in [-0.2, 0) is 6.42 Å². The fourth-order valence-electron chi connectivity index (χ4n) is 2.97. The number of aliphatic hydroxyl groups is 1. The number of aliphatic hydroxyl groups excluding tert-OH is 1. The highest BCUT2D eigenvalue weighted by Crippen LogP contribution is 2.29. The van der Waals surface area contributed by atoms with Crippen LogP contribution in [0.5, 0.6) is 11.5 Å². The van der Waals surface area contributed by atoms with E-state index >= 15 is 0 Å². The summed E-state index contributed by atoms with van der Waals surface area (Å²) >= 11 is 1.59. The molecule has 3 rings (SSSR count). The Hall–Kier alpha value is -2.77. The predicted octanol–water partition coefficient (Wildman–Crippen LogP) is 3.45. The molecule has 0 saturated carbocycles. The van der Waals surface area contributed by atoms with Crippen molar-refractivity contribution in [3.05, 3.63) is 59.0 Å². The first kappa shape index (κ1) is 21.0. The summed E-state index contributed by atoms with van der Waals surface area (Å²) in [6, 6.07) is 15.4. The minimum Gasteiger partial charge on any atom is -0.508 e. The van der Waals surface area contributed by atoms with E-state index in [1.807, 2.05) is 43.3 Å². The number of hydrogen-bond acceptors (Lipinski definition) is 5. The second-order valence-electron chi connectivity index (χ2n) is 6.59. The van der Waals surface area contributed by atoms with Crippen LogP contribution in [0.2, 0.25) is 0 Å². The quantitative estimate of drug-likeness (QED) is 0.336. The molecule has 0 aliphatic heterocycles. The molecule has 1 atom stereocenters. The molecule has 154 valence electrons. The number of hydrogen-bond donors (Lipinski definition) is 4. The average molecular weight is 414 g/mol.